The number of benzene rings is 8. The van der Waals surface area contributed by atoms with Crippen LogP contribution >= 0.6 is 0 Å². The highest BCUT2D eigenvalue weighted by Crippen LogP contribution is 2.52. The number of hydrogen-bond donors (Lipinski definition) is 0. The van der Waals surface area contributed by atoms with E-state index >= 15 is 0 Å². The molecule has 10 rings (SSSR count). The molecule has 240 valence electrons. The first-order chi connectivity index (χ1) is 25.0. The third kappa shape index (κ3) is 4.69. The molecule has 0 atom stereocenters. The summed E-state index contributed by atoms with van der Waals surface area (Å²) in [6.07, 6.45) is 0. The fourth-order valence-electron chi connectivity index (χ4n) is 8.12. The monoisotopic (exact) mass is 651 g/mol. The van der Waals surface area contributed by atoms with Crippen LogP contribution in [0.3, 0.4) is 0 Å². The Morgan fingerprint density at radius 1 is 0.353 bits per heavy atom. The Kier molecular flexibility index (Phi) is 6.53. The van der Waals surface area contributed by atoms with Crippen LogP contribution in [0.15, 0.2) is 164 Å². The molecule has 0 spiro atoms. The molecule has 51 heavy (non-hydrogen) atoms. The second kappa shape index (κ2) is 11.3. The van der Waals surface area contributed by atoms with Gasteiger partial charge in [0.15, 0.2) is 17.5 Å². The van der Waals surface area contributed by atoms with Crippen molar-refractivity contribution in [3.8, 4) is 56.4 Å². The van der Waals surface area contributed by atoms with Gasteiger partial charge in [0.25, 0.3) is 0 Å². The summed E-state index contributed by atoms with van der Waals surface area (Å²) in [6, 6.07) is 58.5. The van der Waals surface area contributed by atoms with E-state index in [0.717, 1.165) is 32.8 Å². The first kappa shape index (κ1) is 29.5. The summed E-state index contributed by atoms with van der Waals surface area (Å²) in [6.45, 7) is 4.67. The molecule has 0 saturated carbocycles. The lowest BCUT2D eigenvalue weighted by atomic mass is 9.81. The molecule has 0 bridgehead atoms. The summed E-state index contributed by atoms with van der Waals surface area (Å²) in [5.41, 5.74) is 10.7. The zero-order valence-corrected chi connectivity index (χ0v) is 28.4. The molecule has 0 saturated heterocycles. The highest BCUT2D eigenvalue weighted by molar-refractivity contribution is 6.07. The van der Waals surface area contributed by atoms with Crippen molar-refractivity contribution in [2.24, 2.45) is 0 Å². The van der Waals surface area contributed by atoms with E-state index in [4.69, 9.17) is 15.0 Å². The van der Waals surface area contributed by atoms with Crippen LogP contribution in [-0.2, 0) is 5.41 Å². The van der Waals surface area contributed by atoms with Gasteiger partial charge in [-0.2, -0.15) is 0 Å². The predicted molar refractivity (Wildman–Crippen MR) is 212 cm³/mol. The van der Waals surface area contributed by atoms with Crippen LogP contribution in [0.5, 0.6) is 0 Å². The van der Waals surface area contributed by atoms with E-state index in [0.29, 0.717) is 17.5 Å². The van der Waals surface area contributed by atoms with Crippen molar-refractivity contribution in [2.75, 3.05) is 0 Å². The number of fused-ring (bicyclic) bond motifs is 6. The molecular formula is C48H33N3. The Bertz CT molecular complexity index is 2750. The third-order valence-corrected chi connectivity index (χ3v) is 10.7. The molecule has 1 aliphatic carbocycles. The van der Waals surface area contributed by atoms with E-state index in [1.807, 2.05) is 0 Å². The van der Waals surface area contributed by atoms with E-state index in [2.05, 4.69) is 178 Å². The highest BCUT2D eigenvalue weighted by Gasteiger charge is 2.36. The second-order valence-corrected chi connectivity index (χ2v) is 14.0. The molecule has 3 heteroatoms. The molecule has 0 aliphatic heterocycles. The lowest BCUT2D eigenvalue weighted by Gasteiger charge is -2.21. The van der Waals surface area contributed by atoms with Crippen LogP contribution < -0.4 is 0 Å². The molecule has 1 aromatic heterocycles. The maximum atomic E-state index is 5.21. The van der Waals surface area contributed by atoms with E-state index in [1.165, 1.54) is 49.5 Å². The molecule has 0 fully saturated rings. The Balaban J connectivity index is 1.19. The first-order valence-corrected chi connectivity index (χ1v) is 17.5. The number of nitrogens with zero attached hydrogens (tertiary/aromatic N) is 3. The van der Waals surface area contributed by atoms with Crippen molar-refractivity contribution in [1.29, 1.82) is 0 Å². The second-order valence-electron chi connectivity index (χ2n) is 14.0. The van der Waals surface area contributed by atoms with E-state index < -0.39 is 0 Å². The summed E-state index contributed by atoms with van der Waals surface area (Å²) in [5.74, 6) is 1.97. The average Bonchev–Trinajstić information content (AvgIpc) is 3.43. The van der Waals surface area contributed by atoms with Crippen LogP contribution in [0.1, 0.15) is 25.0 Å². The Hall–Kier alpha value is -6.45. The number of rotatable bonds is 4. The summed E-state index contributed by atoms with van der Waals surface area (Å²) in [5, 5.41) is 6.96. The minimum Gasteiger partial charge on any atom is -0.208 e. The lowest BCUT2D eigenvalue weighted by Crippen LogP contribution is -2.14. The van der Waals surface area contributed by atoms with E-state index in [-0.39, 0.29) is 5.41 Å². The van der Waals surface area contributed by atoms with Crippen molar-refractivity contribution >= 4 is 32.3 Å². The van der Waals surface area contributed by atoms with Gasteiger partial charge in [-0.05, 0) is 83.9 Å². The van der Waals surface area contributed by atoms with Gasteiger partial charge in [-0.25, -0.2) is 15.0 Å². The van der Waals surface area contributed by atoms with Gasteiger partial charge in [-0.1, -0.05) is 159 Å². The third-order valence-electron chi connectivity index (χ3n) is 10.7. The molecule has 1 aliphatic rings. The number of hydrogen-bond acceptors (Lipinski definition) is 3. The van der Waals surface area contributed by atoms with Crippen LogP contribution in [0.2, 0.25) is 0 Å². The average molecular weight is 652 g/mol. The molecule has 1 heterocycles. The topological polar surface area (TPSA) is 38.7 Å². The smallest absolute Gasteiger partial charge is 0.164 e. The highest BCUT2D eigenvalue weighted by atomic mass is 15.0. The zero-order valence-electron chi connectivity index (χ0n) is 28.4. The van der Waals surface area contributed by atoms with Gasteiger partial charge >= 0.3 is 0 Å². The maximum absolute atomic E-state index is 5.21. The zero-order chi connectivity index (χ0) is 34.1. The Morgan fingerprint density at radius 3 is 1.51 bits per heavy atom. The lowest BCUT2D eigenvalue weighted by molar-refractivity contribution is 0.660. The van der Waals surface area contributed by atoms with Crippen molar-refractivity contribution in [3.63, 3.8) is 0 Å². The summed E-state index contributed by atoms with van der Waals surface area (Å²) in [7, 11) is 0. The summed E-state index contributed by atoms with van der Waals surface area (Å²) < 4.78 is 0. The molecule has 3 nitrogen and oxygen atoms in total. The summed E-state index contributed by atoms with van der Waals surface area (Å²) in [4.78, 5) is 15.5. The molecule has 0 unspecified atom stereocenters. The largest absolute Gasteiger partial charge is 0.208 e. The van der Waals surface area contributed by atoms with Crippen LogP contribution in [0, 0.1) is 0 Å². The summed E-state index contributed by atoms with van der Waals surface area (Å²) >= 11 is 0. The Labute approximate surface area is 297 Å². The van der Waals surface area contributed by atoms with Gasteiger partial charge in [-0.15, -0.1) is 0 Å². The fraction of sp³-hybridized carbons (Fsp3) is 0.0625. The van der Waals surface area contributed by atoms with Crippen LogP contribution in [0.25, 0.3) is 88.7 Å². The molecule has 0 radical (unpaired) electrons. The Morgan fingerprint density at radius 2 is 0.843 bits per heavy atom. The molecule has 0 N–H and O–H groups in total. The fourth-order valence-corrected chi connectivity index (χ4v) is 8.12. The van der Waals surface area contributed by atoms with E-state index in [9.17, 15) is 0 Å². The van der Waals surface area contributed by atoms with E-state index in [1.54, 1.807) is 0 Å². The first-order valence-electron chi connectivity index (χ1n) is 17.5. The minimum absolute atomic E-state index is 0.0686. The van der Waals surface area contributed by atoms with Gasteiger partial charge in [0.1, 0.15) is 0 Å². The van der Waals surface area contributed by atoms with Gasteiger partial charge in [0, 0.05) is 22.1 Å². The SMILES string of the molecule is CC1(C)c2ccccc2-c2c(-c3ccc(-c4nc(-c5ccc6ccccc6c5)nc(-c5ccc6ccccc6c5)n4)c4ccccc34)cccc21. The van der Waals surface area contributed by atoms with Gasteiger partial charge in [0.05, 0.1) is 0 Å². The molecule has 0 amide bonds. The molecule has 8 aromatic carbocycles. The van der Waals surface area contributed by atoms with Crippen molar-refractivity contribution in [3.05, 3.63) is 175 Å². The minimum atomic E-state index is -0.0686. The predicted octanol–water partition coefficient (Wildman–Crippen LogP) is 12.3. The standard InChI is InChI=1S/C48H33N3/c1-48(2)42-20-10-9-18-41(42)44-39(19-11-21-43(44)48)38-26-27-40(37-17-8-7-16-36(37)38)47-50-45(34-24-22-30-12-3-5-14-32(30)28-34)49-46(51-47)35-25-23-31-13-4-6-15-33(31)29-35/h3-29H,1-2H3. The van der Waals surface area contributed by atoms with Gasteiger partial charge < -0.3 is 0 Å². The normalized spacial score (nSPS) is 13.1. The van der Waals surface area contributed by atoms with Crippen LogP contribution in [-0.4, -0.2) is 15.0 Å². The number of aromatic nitrogens is 3. The van der Waals surface area contributed by atoms with Crippen molar-refractivity contribution < 1.29 is 0 Å². The van der Waals surface area contributed by atoms with Gasteiger partial charge in [0.2, 0.25) is 0 Å². The van der Waals surface area contributed by atoms with Gasteiger partial charge in [-0.3, -0.25) is 0 Å². The molecule has 9 aromatic rings. The van der Waals surface area contributed by atoms with Crippen molar-refractivity contribution in [1.82, 2.24) is 15.0 Å². The molecular weight excluding hydrogens is 619 g/mol. The van der Waals surface area contributed by atoms with Crippen molar-refractivity contribution in [2.45, 2.75) is 19.3 Å². The van der Waals surface area contributed by atoms with Crippen LogP contribution in [0.4, 0.5) is 0 Å². The maximum Gasteiger partial charge on any atom is 0.164 e. The quantitative estimate of drug-likeness (QED) is 0.190.